The van der Waals surface area contributed by atoms with Crippen LogP contribution in [0, 0.1) is 6.92 Å². The maximum Gasteiger partial charge on any atom is 0.106 e. The van der Waals surface area contributed by atoms with Crippen LogP contribution in [0.4, 0.5) is 0 Å². The normalized spacial score (nSPS) is 10.8. The van der Waals surface area contributed by atoms with Gasteiger partial charge >= 0.3 is 0 Å². The summed E-state index contributed by atoms with van der Waals surface area (Å²) in [6, 6.07) is 2.08. The van der Waals surface area contributed by atoms with Crippen molar-refractivity contribution in [2.24, 2.45) is 0 Å². The van der Waals surface area contributed by atoms with Crippen molar-refractivity contribution in [3.05, 3.63) is 46.2 Å². The van der Waals surface area contributed by atoms with Crippen molar-refractivity contribution in [1.29, 1.82) is 0 Å². The van der Waals surface area contributed by atoms with Gasteiger partial charge < -0.3 is 9.88 Å². The number of hydrogen-bond donors (Lipinski definition) is 1. The first kappa shape index (κ1) is 12.3. The molecule has 0 unspecified atom stereocenters. The zero-order valence-electron chi connectivity index (χ0n) is 9.94. The molecule has 0 atom stereocenters. The molecule has 0 aliphatic heterocycles. The van der Waals surface area contributed by atoms with Gasteiger partial charge in [0.1, 0.15) is 5.82 Å². The van der Waals surface area contributed by atoms with E-state index in [2.05, 4.69) is 41.8 Å². The molecule has 0 fully saturated rings. The maximum absolute atomic E-state index is 4.34. The molecule has 0 bridgehead atoms. The number of aromatic nitrogens is 3. The molecular formula is C12H15BrN4. The average molecular weight is 295 g/mol. The second kappa shape index (κ2) is 5.42. The molecule has 90 valence electrons. The lowest BCUT2D eigenvalue weighted by Crippen LogP contribution is -2.13. The lowest BCUT2D eigenvalue weighted by molar-refractivity contribution is 0.674. The molecule has 0 saturated heterocycles. The Hall–Kier alpha value is -1.20. The molecule has 0 saturated carbocycles. The first-order valence-electron chi connectivity index (χ1n) is 5.45. The van der Waals surface area contributed by atoms with E-state index in [0.717, 1.165) is 29.0 Å². The quantitative estimate of drug-likeness (QED) is 0.939. The van der Waals surface area contributed by atoms with Crippen LogP contribution in [0.2, 0.25) is 0 Å². The van der Waals surface area contributed by atoms with E-state index in [0.29, 0.717) is 0 Å². The SMILES string of the molecule is CNCc1cnc(C)n1Cc1cncc(Br)c1. The van der Waals surface area contributed by atoms with Crippen molar-refractivity contribution in [3.8, 4) is 0 Å². The number of aryl methyl sites for hydroxylation is 1. The highest BCUT2D eigenvalue weighted by atomic mass is 79.9. The van der Waals surface area contributed by atoms with Gasteiger partial charge in [-0.25, -0.2) is 4.98 Å². The van der Waals surface area contributed by atoms with Crippen LogP contribution in [0.25, 0.3) is 0 Å². The number of hydrogen-bond acceptors (Lipinski definition) is 3. The monoisotopic (exact) mass is 294 g/mol. The van der Waals surface area contributed by atoms with Gasteiger partial charge in [-0.15, -0.1) is 0 Å². The Balaban J connectivity index is 2.26. The fourth-order valence-corrected chi connectivity index (χ4v) is 2.19. The minimum absolute atomic E-state index is 0.801. The summed E-state index contributed by atoms with van der Waals surface area (Å²) in [5.74, 6) is 1.02. The van der Waals surface area contributed by atoms with E-state index in [-0.39, 0.29) is 0 Å². The van der Waals surface area contributed by atoms with Crippen molar-refractivity contribution in [3.63, 3.8) is 0 Å². The van der Waals surface area contributed by atoms with Crippen LogP contribution >= 0.6 is 15.9 Å². The minimum atomic E-state index is 0.801. The minimum Gasteiger partial charge on any atom is -0.327 e. The van der Waals surface area contributed by atoms with Crippen LogP contribution < -0.4 is 5.32 Å². The first-order chi connectivity index (χ1) is 8.20. The molecule has 0 aliphatic carbocycles. The van der Waals surface area contributed by atoms with Crippen LogP contribution in [-0.2, 0) is 13.1 Å². The van der Waals surface area contributed by atoms with Crippen LogP contribution in [0.1, 0.15) is 17.1 Å². The zero-order chi connectivity index (χ0) is 12.3. The molecule has 0 spiro atoms. The summed E-state index contributed by atoms with van der Waals surface area (Å²) < 4.78 is 3.20. The van der Waals surface area contributed by atoms with Crippen molar-refractivity contribution in [2.75, 3.05) is 7.05 Å². The predicted octanol–water partition coefficient (Wildman–Crippen LogP) is 2.12. The standard InChI is InChI=1S/C12H15BrN4/c1-9-16-7-12(6-14-2)17(9)8-10-3-11(13)5-15-4-10/h3-5,7,14H,6,8H2,1-2H3. The van der Waals surface area contributed by atoms with Gasteiger partial charge in [0.15, 0.2) is 0 Å². The Morgan fingerprint density at radius 2 is 2.18 bits per heavy atom. The molecule has 4 nitrogen and oxygen atoms in total. The number of imidazole rings is 1. The van der Waals surface area contributed by atoms with Crippen molar-refractivity contribution in [1.82, 2.24) is 19.9 Å². The van der Waals surface area contributed by atoms with Gasteiger partial charge in [-0.1, -0.05) is 0 Å². The summed E-state index contributed by atoms with van der Waals surface area (Å²) in [6.07, 6.45) is 5.59. The fraction of sp³-hybridized carbons (Fsp3) is 0.333. The Kier molecular flexibility index (Phi) is 3.91. The van der Waals surface area contributed by atoms with E-state index in [4.69, 9.17) is 0 Å². The highest BCUT2D eigenvalue weighted by Gasteiger charge is 2.06. The predicted molar refractivity (Wildman–Crippen MR) is 70.8 cm³/mol. The van der Waals surface area contributed by atoms with E-state index in [1.165, 1.54) is 5.69 Å². The fourth-order valence-electron chi connectivity index (χ4n) is 1.78. The van der Waals surface area contributed by atoms with Gasteiger partial charge in [-0.3, -0.25) is 4.98 Å². The second-order valence-corrected chi connectivity index (χ2v) is 4.84. The van der Waals surface area contributed by atoms with Crippen LogP contribution in [0.15, 0.2) is 29.1 Å². The lowest BCUT2D eigenvalue weighted by Gasteiger charge is -2.10. The van der Waals surface area contributed by atoms with Gasteiger partial charge in [0.2, 0.25) is 0 Å². The summed E-state index contributed by atoms with van der Waals surface area (Å²) in [5, 5.41) is 3.15. The Bertz CT molecular complexity index is 507. The topological polar surface area (TPSA) is 42.7 Å². The molecule has 2 rings (SSSR count). The molecule has 5 heteroatoms. The zero-order valence-corrected chi connectivity index (χ0v) is 11.5. The largest absolute Gasteiger partial charge is 0.327 e. The van der Waals surface area contributed by atoms with Gasteiger partial charge in [0.05, 0.1) is 12.2 Å². The Labute approximate surface area is 109 Å². The van der Waals surface area contributed by atoms with Crippen molar-refractivity contribution >= 4 is 15.9 Å². The van der Waals surface area contributed by atoms with E-state index in [9.17, 15) is 0 Å². The highest BCUT2D eigenvalue weighted by molar-refractivity contribution is 9.10. The Morgan fingerprint density at radius 3 is 2.88 bits per heavy atom. The van der Waals surface area contributed by atoms with Gasteiger partial charge in [-0.2, -0.15) is 0 Å². The number of nitrogens with one attached hydrogen (secondary N) is 1. The molecule has 1 N–H and O–H groups in total. The van der Waals surface area contributed by atoms with Crippen LogP contribution in [0.3, 0.4) is 0 Å². The smallest absolute Gasteiger partial charge is 0.106 e. The van der Waals surface area contributed by atoms with E-state index in [1.807, 2.05) is 26.4 Å². The van der Waals surface area contributed by atoms with Gasteiger partial charge in [0.25, 0.3) is 0 Å². The van der Waals surface area contributed by atoms with Gasteiger partial charge in [0, 0.05) is 29.6 Å². The third kappa shape index (κ3) is 2.92. The third-order valence-corrected chi connectivity index (χ3v) is 3.03. The number of halogens is 1. The molecule has 0 aromatic carbocycles. The average Bonchev–Trinajstić information content (AvgIpc) is 2.62. The summed E-state index contributed by atoms with van der Waals surface area (Å²) in [7, 11) is 1.94. The molecule has 17 heavy (non-hydrogen) atoms. The molecule has 2 aromatic heterocycles. The molecule has 2 aromatic rings. The molecular weight excluding hydrogens is 280 g/mol. The summed E-state index contributed by atoms with van der Waals surface area (Å²) >= 11 is 3.43. The van der Waals surface area contributed by atoms with E-state index >= 15 is 0 Å². The lowest BCUT2D eigenvalue weighted by atomic mass is 10.3. The van der Waals surface area contributed by atoms with Crippen LogP contribution in [-0.4, -0.2) is 21.6 Å². The van der Waals surface area contributed by atoms with Crippen molar-refractivity contribution < 1.29 is 0 Å². The number of nitrogens with zero attached hydrogens (tertiary/aromatic N) is 3. The molecule has 0 amide bonds. The molecule has 2 heterocycles. The maximum atomic E-state index is 4.34. The van der Waals surface area contributed by atoms with E-state index < -0.39 is 0 Å². The van der Waals surface area contributed by atoms with E-state index in [1.54, 1.807) is 6.20 Å². The Morgan fingerprint density at radius 1 is 1.35 bits per heavy atom. The summed E-state index contributed by atoms with van der Waals surface area (Å²) in [6.45, 7) is 3.64. The number of pyridine rings is 1. The van der Waals surface area contributed by atoms with Crippen molar-refractivity contribution in [2.45, 2.75) is 20.0 Å². The molecule has 0 radical (unpaired) electrons. The highest BCUT2D eigenvalue weighted by Crippen LogP contribution is 2.13. The summed E-state index contributed by atoms with van der Waals surface area (Å²) in [5.41, 5.74) is 2.35. The molecule has 0 aliphatic rings. The van der Waals surface area contributed by atoms with Crippen LogP contribution in [0.5, 0.6) is 0 Å². The third-order valence-electron chi connectivity index (χ3n) is 2.60. The first-order valence-corrected chi connectivity index (χ1v) is 6.25. The summed E-state index contributed by atoms with van der Waals surface area (Å²) in [4.78, 5) is 8.52. The number of rotatable bonds is 4. The second-order valence-electron chi connectivity index (χ2n) is 3.92. The van der Waals surface area contributed by atoms with Gasteiger partial charge in [-0.05, 0) is 41.5 Å².